The maximum absolute atomic E-state index is 11.4. The van der Waals surface area contributed by atoms with E-state index in [2.05, 4.69) is 4.74 Å². The highest BCUT2D eigenvalue weighted by Crippen LogP contribution is 2.25. The highest BCUT2D eigenvalue weighted by Gasteiger charge is 2.14. The van der Waals surface area contributed by atoms with Crippen LogP contribution in [0.25, 0.3) is 0 Å². The van der Waals surface area contributed by atoms with Crippen LogP contribution >= 0.6 is 11.6 Å². The van der Waals surface area contributed by atoms with Crippen molar-refractivity contribution in [2.24, 2.45) is 0 Å². The largest absolute Gasteiger partial charge is 0.490 e. The quantitative estimate of drug-likeness (QED) is 0.747. The van der Waals surface area contributed by atoms with Crippen LogP contribution in [-0.2, 0) is 4.74 Å². The fraction of sp³-hybridized carbons (Fsp3) is 0.364. The fourth-order valence-electron chi connectivity index (χ4n) is 1.13. The van der Waals surface area contributed by atoms with E-state index in [4.69, 9.17) is 16.3 Å². The van der Waals surface area contributed by atoms with Gasteiger partial charge in [-0.1, -0.05) is 11.6 Å². The van der Waals surface area contributed by atoms with Gasteiger partial charge in [0.05, 0.1) is 13.2 Å². The van der Waals surface area contributed by atoms with Crippen molar-refractivity contribution in [2.75, 3.05) is 7.11 Å². The van der Waals surface area contributed by atoms with Gasteiger partial charge in [-0.2, -0.15) is 0 Å². The third-order valence-electron chi connectivity index (χ3n) is 1.71. The van der Waals surface area contributed by atoms with Gasteiger partial charge in [-0.15, -0.1) is 0 Å². The van der Waals surface area contributed by atoms with Gasteiger partial charge in [0.25, 0.3) is 0 Å². The second-order valence-electron chi connectivity index (χ2n) is 3.30. The lowest BCUT2D eigenvalue weighted by Crippen LogP contribution is -2.10. The van der Waals surface area contributed by atoms with Gasteiger partial charge in [0.15, 0.2) is 0 Å². The monoisotopic (exact) mass is 228 g/mol. The van der Waals surface area contributed by atoms with Crippen LogP contribution in [-0.4, -0.2) is 19.2 Å². The Morgan fingerprint density at radius 2 is 2.07 bits per heavy atom. The minimum Gasteiger partial charge on any atom is -0.490 e. The molecular formula is C11H13ClO3. The smallest absolute Gasteiger partial charge is 0.341 e. The van der Waals surface area contributed by atoms with Crippen LogP contribution in [0.4, 0.5) is 0 Å². The van der Waals surface area contributed by atoms with E-state index in [0.717, 1.165) is 0 Å². The van der Waals surface area contributed by atoms with E-state index < -0.39 is 5.97 Å². The summed E-state index contributed by atoms with van der Waals surface area (Å²) in [5.41, 5.74) is 0.385. The molecule has 15 heavy (non-hydrogen) atoms. The topological polar surface area (TPSA) is 35.5 Å². The number of benzene rings is 1. The number of esters is 1. The average molecular weight is 229 g/mol. The molecule has 1 rings (SSSR count). The van der Waals surface area contributed by atoms with E-state index in [-0.39, 0.29) is 6.10 Å². The molecule has 0 saturated heterocycles. The van der Waals surface area contributed by atoms with E-state index in [1.165, 1.54) is 7.11 Å². The molecule has 0 radical (unpaired) electrons. The van der Waals surface area contributed by atoms with Crippen LogP contribution in [0, 0.1) is 0 Å². The molecule has 0 bridgehead atoms. The molecule has 0 fully saturated rings. The summed E-state index contributed by atoms with van der Waals surface area (Å²) in [6.45, 7) is 3.75. The van der Waals surface area contributed by atoms with Crippen molar-refractivity contribution >= 4 is 17.6 Å². The number of carbonyl (C=O) groups is 1. The average Bonchev–Trinajstić information content (AvgIpc) is 2.16. The molecule has 82 valence electrons. The van der Waals surface area contributed by atoms with Crippen molar-refractivity contribution in [3.05, 3.63) is 28.8 Å². The summed E-state index contributed by atoms with van der Waals surface area (Å²) in [4.78, 5) is 11.4. The van der Waals surface area contributed by atoms with Crippen molar-refractivity contribution in [3.63, 3.8) is 0 Å². The summed E-state index contributed by atoms with van der Waals surface area (Å²) in [5, 5.41) is 0.526. The molecule has 0 N–H and O–H groups in total. The second kappa shape index (κ2) is 5.03. The van der Waals surface area contributed by atoms with Crippen molar-refractivity contribution in [1.82, 2.24) is 0 Å². The Bertz CT molecular complexity index is 361. The maximum atomic E-state index is 11.4. The van der Waals surface area contributed by atoms with Gasteiger partial charge >= 0.3 is 5.97 Å². The lowest BCUT2D eigenvalue weighted by atomic mass is 10.2. The van der Waals surface area contributed by atoms with Crippen LogP contribution in [0.15, 0.2) is 18.2 Å². The Morgan fingerprint density at radius 3 is 2.60 bits per heavy atom. The SMILES string of the molecule is COC(=O)c1ccc(Cl)cc1OC(C)C. The number of methoxy groups -OCH3 is 1. The normalized spacial score (nSPS) is 10.2. The molecule has 1 aromatic carbocycles. The zero-order valence-corrected chi connectivity index (χ0v) is 9.67. The van der Waals surface area contributed by atoms with Gasteiger partial charge in [0.1, 0.15) is 11.3 Å². The molecule has 0 amide bonds. The van der Waals surface area contributed by atoms with E-state index in [0.29, 0.717) is 16.3 Å². The van der Waals surface area contributed by atoms with Crippen molar-refractivity contribution < 1.29 is 14.3 Å². The zero-order valence-electron chi connectivity index (χ0n) is 8.91. The minimum atomic E-state index is -0.428. The van der Waals surface area contributed by atoms with Gasteiger partial charge in [-0.25, -0.2) is 4.79 Å². The predicted octanol–water partition coefficient (Wildman–Crippen LogP) is 2.91. The summed E-state index contributed by atoms with van der Waals surface area (Å²) in [6.07, 6.45) is -0.0214. The third-order valence-corrected chi connectivity index (χ3v) is 1.95. The number of hydrogen-bond donors (Lipinski definition) is 0. The summed E-state index contributed by atoms with van der Waals surface area (Å²) in [6, 6.07) is 4.82. The first kappa shape index (κ1) is 11.9. The molecule has 0 aliphatic carbocycles. The number of halogens is 1. The first-order valence-electron chi connectivity index (χ1n) is 4.59. The molecule has 0 unspecified atom stereocenters. The highest BCUT2D eigenvalue weighted by molar-refractivity contribution is 6.30. The van der Waals surface area contributed by atoms with Crippen LogP contribution in [0.1, 0.15) is 24.2 Å². The molecule has 0 spiro atoms. The first-order chi connectivity index (χ1) is 7.04. The van der Waals surface area contributed by atoms with E-state index >= 15 is 0 Å². The first-order valence-corrected chi connectivity index (χ1v) is 4.97. The number of carbonyl (C=O) groups excluding carboxylic acids is 1. The number of rotatable bonds is 3. The molecule has 0 heterocycles. The third kappa shape index (κ3) is 3.13. The molecule has 0 aliphatic heterocycles. The second-order valence-corrected chi connectivity index (χ2v) is 3.74. The summed E-state index contributed by atoms with van der Waals surface area (Å²) in [5.74, 6) is 0.0201. The Hall–Kier alpha value is -1.22. The molecule has 3 nitrogen and oxygen atoms in total. The molecule has 1 aromatic rings. The minimum absolute atomic E-state index is 0.0214. The highest BCUT2D eigenvalue weighted by atomic mass is 35.5. The Labute approximate surface area is 93.9 Å². The number of ether oxygens (including phenoxy) is 2. The number of hydrogen-bond acceptors (Lipinski definition) is 3. The molecular weight excluding hydrogens is 216 g/mol. The maximum Gasteiger partial charge on any atom is 0.341 e. The molecule has 4 heteroatoms. The lowest BCUT2D eigenvalue weighted by Gasteiger charge is -2.13. The van der Waals surface area contributed by atoms with Gasteiger partial charge in [0.2, 0.25) is 0 Å². The van der Waals surface area contributed by atoms with Gasteiger partial charge in [-0.05, 0) is 32.0 Å². The van der Waals surface area contributed by atoms with Crippen LogP contribution in [0.3, 0.4) is 0 Å². The van der Waals surface area contributed by atoms with E-state index in [1.54, 1.807) is 18.2 Å². The summed E-state index contributed by atoms with van der Waals surface area (Å²) in [7, 11) is 1.33. The van der Waals surface area contributed by atoms with Crippen molar-refractivity contribution in [2.45, 2.75) is 20.0 Å². The van der Waals surface area contributed by atoms with Gasteiger partial charge < -0.3 is 9.47 Å². The summed E-state index contributed by atoms with van der Waals surface area (Å²) < 4.78 is 10.1. The lowest BCUT2D eigenvalue weighted by molar-refractivity contribution is 0.0594. The molecule has 0 saturated carbocycles. The zero-order chi connectivity index (χ0) is 11.4. The van der Waals surface area contributed by atoms with Gasteiger partial charge in [-0.3, -0.25) is 0 Å². The van der Waals surface area contributed by atoms with E-state index in [9.17, 15) is 4.79 Å². The molecule has 0 aliphatic rings. The standard InChI is InChI=1S/C11H13ClO3/c1-7(2)15-10-6-8(12)4-5-9(10)11(13)14-3/h4-7H,1-3H3. The molecule has 0 atom stereocenters. The van der Waals surface area contributed by atoms with Crippen LogP contribution < -0.4 is 4.74 Å². The van der Waals surface area contributed by atoms with Crippen LogP contribution in [0.5, 0.6) is 5.75 Å². The van der Waals surface area contributed by atoms with Crippen molar-refractivity contribution in [3.8, 4) is 5.75 Å². The van der Waals surface area contributed by atoms with E-state index in [1.807, 2.05) is 13.8 Å². The Balaban J connectivity index is 3.08. The van der Waals surface area contributed by atoms with Crippen molar-refractivity contribution in [1.29, 1.82) is 0 Å². The van der Waals surface area contributed by atoms with Crippen LogP contribution in [0.2, 0.25) is 5.02 Å². The molecule has 0 aromatic heterocycles. The van der Waals surface area contributed by atoms with Gasteiger partial charge in [0, 0.05) is 5.02 Å². The Morgan fingerprint density at radius 1 is 1.40 bits per heavy atom. The fourth-order valence-corrected chi connectivity index (χ4v) is 1.29. The summed E-state index contributed by atoms with van der Waals surface area (Å²) >= 11 is 5.82. The predicted molar refractivity (Wildman–Crippen MR) is 58.6 cm³/mol. The Kier molecular flexibility index (Phi) is 3.97.